The molecule has 118 valence electrons. The average molecular weight is 287 g/mol. The summed E-state index contributed by atoms with van der Waals surface area (Å²) in [6.45, 7) is 7.99. The van der Waals surface area contributed by atoms with Gasteiger partial charge in [-0.25, -0.2) is 4.79 Å². The van der Waals surface area contributed by atoms with Crippen LogP contribution >= 0.6 is 0 Å². The predicted molar refractivity (Wildman–Crippen MR) is 78.7 cm³/mol. The van der Waals surface area contributed by atoms with Crippen LogP contribution in [0.2, 0.25) is 0 Å². The number of rotatable bonds is 7. The lowest BCUT2D eigenvalue weighted by Gasteiger charge is -2.23. The van der Waals surface area contributed by atoms with Crippen molar-refractivity contribution < 1.29 is 14.6 Å². The second kappa shape index (κ2) is 8.44. The zero-order valence-electron chi connectivity index (χ0n) is 13.1. The van der Waals surface area contributed by atoms with Crippen LogP contribution in [0.15, 0.2) is 0 Å². The Balaban J connectivity index is 2.35. The molecule has 0 bridgehead atoms. The monoisotopic (exact) mass is 287 g/mol. The number of urea groups is 1. The van der Waals surface area contributed by atoms with Crippen LogP contribution in [-0.2, 0) is 4.74 Å². The fourth-order valence-corrected chi connectivity index (χ4v) is 2.27. The van der Waals surface area contributed by atoms with Crippen LogP contribution in [0.1, 0.15) is 33.6 Å². The molecule has 1 saturated heterocycles. The van der Waals surface area contributed by atoms with Gasteiger partial charge in [0.15, 0.2) is 0 Å². The second-order valence-corrected chi connectivity index (χ2v) is 5.86. The molecular weight excluding hydrogens is 258 g/mol. The van der Waals surface area contributed by atoms with Gasteiger partial charge in [-0.3, -0.25) is 0 Å². The molecule has 6 nitrogen and oxygen atoms in total. The molecule has 0 aliphatic carbocycles. The molecule has 0 aromatic carbocycles. The smallest absolute Gasteiger partial charge is 0.315 e. The number of carbonyl (C=O) groups is 1. The Kier molecular flexibility index (Phi) is 7.26. The van der Waals surface area contributed by atoms with Crippen LogP contribution in [-0.4, -0.2) is 67.1 Å². The summed E-state index contributed by atoms with van der Waals surface area (Å²) in [7, 11) is 2.03. The van der Waals surface area contributed by atoms with Gasteiger partial charge >= 0.3 is 6.03 Å². The lowest BCUT2D eigenvalue weighted by Crippen LogP contribution is -2.50. The van der Waals surface area contributed by atoms with Gasteiger partial charge in [-0.15, -0.1) is 0 Å². The van der Waals surface area contributed by atoms with Gasteiger partial charge in [0.05, 0.1) is 18.8 Å². The van der Waals surface area contributed by atoms with Gasteiger partial charge in [-0.05, 0) is 33.9 Å². The molecule has 6 heteroatoms. The quantitative estimate of drug-likeness (QED) is 0.639. The third-order valence-corrected chi connectivity index (χ3v) is 3.40. The van der Waals surface area contributed by atoms with Crippen molar-refractivity contribution in [2.24, 2.45) is 0 Å². The lowest BCUT2D eigenvalue weighted by atomic mass is 10.1. The number of aliphatic hydroxyl groups excluding tert-OH is 1. The first kappa shape index (κ1) is 17.2. The second-order valence-electron chi connectivity index (χ2n) is 5.86. The number of amides is 2. The first-order valence-electron chi connectivity index (χ1n) is 7.49. The Morgan fingerprint density at radius 2 is 2.20 bits per heavy atom. The Morgan fingerprint density at radius 1 is 1.50 bits per heavy atom. The fourth-order valence-electron chi connectivity index (χ4n) is 2.27. The summed E-state index contributed by atoms with van der Waals surface area (Å²) in [6.07, 6.45) is 1.40. The maximum absolute atomic E-state index is 11.6. The van der Waals surface area contributed by atoms with E-state index in [1.54, 1.807) is 0 Å². The van der Waals surface area contributed by atoms with E-state index in [2.05, 4.69) is 22.5 Å². The van der Waals surface area contributed by atoms with Crippen LogP contribution in [0, 0.1) is 0 Å². The maximum Gasteiger partial charge on any atom is 0.315 e. The maximum atomic E-state index is 11.6. The van der Waals surface area contributed by atoms with Gasteiger partial charge in [0, 0.05) is 12.6 Å². The van der Waals surface area contributed by atoms with E-state index in [4.69, 9.17) is 4.74 Å². The van der Waals surface area contributed by atoms with Crippen molar-refractivity contribution in [3.63, 3.8) is 0 Å². The summed E-state index contributed by atoms with van der Waals surface area (Å²) in [5, 5.41) is 15.7. The topological polar surface area (TPSA) is 73.8 Å². The number of ether oxygens (including phenoxy) is 1. The minimum atomic E-state index is -0.656. The Morgan fingerprint density at radius 3 is 2.80 bits per heavy atom. The van der Waals surface area contributed by atoms with Crippen molar-refractivity contribution in [3.8, 4) is 0 Å². The minimum absolute atomic E-state index is 0.0745. The van der Waals surface area contributed by atoms with Crippen LogP contribution in [0.4, 0.5) is 4.79 Å². The number of hydrogen-bond donors (Lipinski definition) is 3. The third-order valence-electron chi connectivity index (χ3n) is 3.40. The van der Waals surface area contributed by atoms with E-state index in [9.17, 15) is 9.90 Å². The molecule has 0 aromatic rings. The summed E-state index contributed by atoms with van der Waals surface area (Å²) < 4.78 is 5.60. The number of carbonyl (C=O) groups excluding carboxylic acids is 1. The zero-order valence-corrected chi connectivity index (χ0v) is 13.1. The molecule has 1 aliphatic heterocycles. The molecular formula is C14H29N3O3. The Bertz CT molecular complexity index is 299. The summed E-state index contributed by atoms with van der Waals surface area (Å²) in [5.41, 5.74) is 0. The highest BCUT2D eigenvalue weighted by atomic mass is 16.5. The Labute approximate surface area is 121 Å². The van der Waals surface area contributed by atoms with Crippen molar-refractivity contribution >= 4 is 6.03 Å². The molecule has 0 spiro atoms. The molecule has 0 saturated carbocycles. The molecule has 2 amide bonds. The Hall–Kier alpha value is -0.850. The minimum Gasteiger partial charge on any atom is -0.388 e. The molecule has 3 N–H and O–H groups in total. The van der Waals surface area contributed by atoms with Crippen LogP contribution in [0.3, 0.4) is 0 Å². The number of nitrogens with one attached hydrogen (secondary N) is 2. The normalized spacial score (nSPS) is 26.2. The number of likely N-dealkylation sites (N-methyl/N-ethyl adjacent to an activating group) is 1. The average Bonchev–Trinajstić information content (AvgIpc) is 2.68. The number of aliphatic hydroxyl groups is 1. The molecule has 1 aliphatic rings. The number of hydrogen-bond acceptors (Lipinski definition) is 4. The van der Waals surface area contributed by atoms with E-state index in [-0.39, 0.29) is 24.2 Å². The molecule has 1 fully saturated rings. The van der Waals surface area contributed by atoms with E-state index >= 15 is 0 Å². The van der Waals surface area contributed by atoms with Crippen molar-refractivity contribution in [2.45, 2.75) is 57.9 Å². The number of unbranched alkanes of at least 4 members (excludes halogenated alkanes) is 1. The van der Waals surface area contributed by atoms with Crippen molar-refractivity contribution in [2.75, 3.05) is 26.7 Å². The van der Waals surface area contributed by atoms with Crippen molar-refractivity contribution in [1.82, 2.24) is 15.5 Å². The van der Waals surface area contributed by atoms with E-state index in [1.165, 1.54) is 0 Å². The van der Waals surface area contributed by atoms with Crippen LogP contribution in [0.25, 0.3) is 0 Å². The first-order chi connectivity index (χ1) is 9.43. The van der Waals surface area contributed by atoms with Crippen molar-refractivity contribution in [1.29, 1.82) is 0 Å². The first-order valence-corrected chi connectivity index (χ1v) is 7.49. The molecule has 3 unspecified atom stereocenters. The standard InChI is InChI=1S/C14H29N3O3/c1-5-6-7-17(4)8-12-13(18)11(9-20-12)16-14(19)15-10(2)3/h10-13,18H,5-9H2,1-4H3,(H2,15,16,19). The zero-order chi connectivity index (χ0) is 15.1. The largest absolute Gasteiger partial charge is 0.388 e. The van der Waals surface area contributed by atoms with Gasteiger partial charge in [-0.1, -0.05) is 13.3 Å². The van der Waals surface area contributed by atoms with E-state index < -0.39 is 6.10 Å². The summed E-state index contributed by atoms with van der Waals surface area (Å²) in [6, 6.07) is -0.517. The molecule has 0 aromatic heterocycles. The summed E-state index contributed by atoms with van der Waals surface area (Å²) in [4.78, 5) is 13.8. The lowest BCUT2D eigenvalue weighted by molar-refractivity contribution is 0.0201. The fraction of sp³-hybridized carbons (Fsp3) is 0.929. The molecule has 3 atom stereocenters. The summed E-state index contributed by atoms with van der Waals surface area (Å²) in [5.74, 6) is 0. The van der Waals surface area contributed by atoms with E-state index in [0.29, 0.717) is 13.2 Å². The molecule has 1 heterocycles. The highest BCUT2D eigenvalue weighted by Gasteiger charge is 2.37. The predicted octanol–water partition coefficient (Wildman–Crippen LogP) is 0.554. The van der Waals surface area contributed by atoms with Gasteiger partial charge in [-0.2, -0.15) is 0 Å². The SMILES string of the molecule is CCCCN(C)CC1OCC(NC(=O)NC(C)C)C1O. The van der Waals surface area contributed by atoms with Gasteiger partial charge in [0.1, 0.15) is 6.10 Å². The van der Waals surface area contributed by atoms with Crippen LogP contribution in [0.5, 0.6) is 0 Å². The van der Waals surface area contributed by atoms with Crippen molar-refractivity contribution in [3.05, 3.63) is 0 Å². The van der Waals surface area contributed by atoms with Gasteiger partial charge in [0.25, 0.3) is 0 Å². The third kappa shape index (κ3) is 5.64. The van der Waals surface area contributed by atoms with Gasteiger partial charge < -0.3 is 25.4 Å². The molecule has 1 rings (SSSR count). The number of nitrogens with zero attached hydrogens (tertiary/aromatic N) is 1. The van der Waals surface area contributed by atoms with Gasteiger partial charge in [0.2, 0.25) is 0 Å². The molecule has 0 radical (unpaired) electrons. The highest BCUT2D eigenvalue weighted by molar-refractivity contribution is 5.74. The highest BCUT2D eigenvalue weighted by Crippen LogP contribution is 2.15. The van der Waals surface area contributed by atoms with Crippen LogP contribution < -0.4 is 10.6 Å². The molecule has 20 heavy (non-hydrogen) atoms. The van der Waals surface area contributed by atoms with E-state index in [0.717, 1.165) is 19.4 Å². The van der Waals surface area contributed by atoms with E-state index in [1.807, 2.05) is 20.9 Å². The summed E-state index contributed by atoms with van der Waals surface area (Å²) >= 11 is 0.